The summed E-state index contributed by atoms with van der Waals surface area (Å²) < 4.78 is 42.4. The summed E-state index contributed by atoms with van der Waals surface area (Å²) in [5.74, 6) is 1.92. The van der Waals surface area contributed by atoms with Crippen molar-refractivity contribution < 1.29 is 13.2 Å². The first-order valence-electron chi connectivity index (χ1n) is 10.1. The first kappa shape index (κ1) is 20.2. The summed E-state index contributed by atoms with van der Waals surface area (Å²) in [7, 11) is 0. The van der Waals surface area contributed by atoms with Crippen molar-refractivity contribution in [3.8, 4) is 5.69 Å². The van der Waals surface area contributed by atoms with Crippen molar-refractivity contribution in [2.75, 3.05) is 6.54 Å². The van der Waals surface area contributed by atoms with Gasteiger partial charge in [0.2, 0.25) is 0 Å². The molecule has 1 aliphatic carbocycles. The summed E-state index contributed by atoms with van der Waals surface area (Å²) in [6.45, 7) is 1.56. The van der Waals surface area contributed by atoms with Gasteiger partial charge in [0.1, 0.15) is 6.54 Å². The van der Waals surface area contributed by atoms with E-state index in [9.17, 15) is 13.2 Å². The van der Waals surface area contributed by atoms with Gasteiger partial charge in [-0.1, -0.05) is 29.8 Å². The van der Waals surface area contributed by atoms with Crippen LogP contribution in [0.5, 0.6) is 0 Å². The normalized spacial score (nSPS) is 15.8. The molecule has 5 rings (SSSR count). The number of nitrogens with zero attached hydrogens (tertiary/aromatic N) is 4. The largest absolute Gasteiger partial charge is 0.416 e. The predicted molar refractivity (Wildman–Crippen MR) is 112 cm³/mol. The average Bonchev–Trinajstić information content (AvgIpc) is 3.50. The molecule has 0 radical (unpaired) electrons. The number of aliphatic imine (C=N–C) groups is 1. The van der Waals surface area contributed by atoms with Gasteiger partial charge in [-0.05, 0) is 49.6 Å². The minimum absolute atomic E-state index is 0.187. The Morgan fingerprint density at radius 1 is 1.06 bits per heavy atom. The van der Waals surface area contributed by atoms with Gasteiger partial charge in [-0.25, -0.2) is 0 Å². The number of fused-ring (bicyclic) bond motifs is 3. The highest BCUT2D eigenvalue weighted by atomic mass is 35.5. The Morgan fingerprint density at radius 2 is 1.87 bits per heavy atom. The molecule has 31 heavy (non-hydrogen) atoms. The van der Waals surface area contributed by atoms with E-state index in [1.165, 1.54) is 18.9 Å². The van der Waals surface area contributed by atoms with Crippen LogP contribution in [0.2, 0.25) is 5.02 Å². The van der Waals surface area contributed by atoms with E-state index in [0.717, 1.165) is 18.7 Å². The van der Waals surface area contributed by atoms with Gasteiger partial charge < -0.3 is 5.32 Å². The summed E-state index contributed by atoms with van der Waals surface area (Å²) in [5, 5.41) is 12.3. The molecule has 160 valence electrons. The average molecular weight is 446 g/mol. The maximum Gasteiger partial charge on any atom is 0.416 e. The molecule has 9 heteroatoms. The molecular weight excluding hydrogens is 427 g/mol. The Bertz CT molecular complexity index is 1160. The van der Waals surface area contributed by atoms with Crippen molar-refractivity contribution in [3.05, 3.63) is 75.8 Å². The van der Waals surface area contributed by atoms with Crippen LogP contribution in [0.25, 0.3) is 5.69 Å². The second kappa shape index (κ2) is 7.76. The predicted octanol–water partition coefficient (Wildman–Crippen LogP) is 4.79. The lowest BCUT2D eigenvalue weighted by molar-refractivity contribution is -0.137. The van der Waals surface area contributed by atoms with Crippen molar-refractivity contribution in [1.82, 2.24) is 20.1 Å². The molecule has 0 bridgehead atoms. The van der Waals surface area contributed by atoms with E-state index in [-0.39, 0.29) is 6.54 Å². The summed E-state index contributed by atoms with van der Waals surface area (Å²) in [6, 6.07) is 10.7. The molecule has 2 aliphatic rings. The fourth-order valence-corrected chi connectivity index (χ4v) is 4.00. The summed E-state index contributed by atoms with van der Waals surface area (Å²) >= 11 is 6.38. The van der Waals surface area contributed by atoms with Crippen LogP contribution in [0.3, 0.4) is 0 Å². The highest BCUT2D eigenvalue weighted by molar-refractivity contribution is 6.35. The molecule has 0 spiro atoms. The number of hydrogen-bond acceptors (Lipinski definition) is 4. The number of hydrogen-bond donors (Lipinski definition) is 1. The maximum atomic E-state index is 13.5. The Labute approximate surface area is 182 Å². The summed E-state index contributed by atoms with van der Waals surface area (Å²) in [4.78, 5) is 4.61. The molecule has 2 heterocycles. The lowest BCUT2D eigenvalue weighted by atomic mass is 9.98. The fourth-order valence-electron chi connectivity index (χ4n) is 3.77. The molecule has 1 fully saturated rings. The highest BCUT2D eigenvalue weighted by Gasteiger charge is 2.33. The second-order valence-electron chi connectivity index (χ2n) is 7.82. The van der Waals surface area contributed by atoms with Crippen LogP contribution in [-0.4, -0.2) is 27.0 Å². The third-order valence-corrected chi connectivity index (χ3v) is 5.87. The van der Waals surface area contributed by atoms with Crippen LogP contribution in [0.4, 0.5) is 13.2 Å². The minimum atomic E-state index is -4.47. The first-order valence-corrected chi connectivity index (χ1v) is 10.4. The van der Waals surface area contributed by atoms with Gasteiger partial charge in [-0.3, -0.25) is 9.56 Å². The van der Waals surface area contributed by atoms with Gasteiger partial charge in [-0.2, -0.15) is 13.2 Å². The Balaban J connectivity index is 1.63. The summed E-state index contributed by atoms with van der Waals surface area (Å²) in [6.07, 6.45) is -2.02. The van der Waals surface area contributed by atoms with Gasteiger partial charge in [-0.15, -0.1) is 10.2 Å². The van der Waals surface area contributed by atoms with E-state index < -0.39 is 11.7 Å². The molecule has 0 amide bonds. The molecule has 1 saturated carbocycles. The molecule has 0 unspecified atom stereocenters. The van der Waals surface area contributed by atoms with Gasteiger partial charge in [0.15, 0.2) is 11.6 Å². The second-order valence-corrected chi connectivity index (χ2v) is 8.22. The minimum Gasteiger partial charge on any atom is -0.310 e. The van der Waals surface area contributed by atoms with Crippen molar-refractivity contribution in [1.29, 1.82) is 0 Å². The Hall–Kier alpha value is -2.71. The first-order chi connectivity index (χ1) is 14.9. The molecule has 1 N–H and O–H groups in total. The third kappa shape index (κ3) is 3.97. The van der Waals surface area contributed by atoms with Crippen LogP contribution in [-0.2, 0) is 19.3 Å². The molecular formula is C22H19ClF3N5. The van der Waals surface area contributed by atoms with Crippen molar-refractivity contribution in [3.63, 3.8) is 0 Å². The van der Waals surface area contributed by atoms with E-state index in [0.29, 0.717) is 51.7 Å². The molecule has 5 nitrogen and oxygen atoms in total. The number of halogens is 4. The van der Waals surface area contributed by atoms with E-state index in [2.05, 4.69) is 20.5 Å². The van der Waals surface area contributed by atoms with Gasteiger partial charge >= 0.3 is 6.18 Å². The molecule has 1 aliphatic heterocycles. The third-order valence-electron chi connectivity index (χ3n) is 5.54. The fraction of sp³-hybridized carbons (Fsp3) is 0.318. The number of alkyl halides is 3. The molecule has 0 saturated heterocycles. The van der Waals surface area contributed by atoms with E-state index >= 15 is 0 Å². The van der Waals surface area contributed by atoms with Crippen LogP contribution in [0.1, 0.15) is 41.2 Å². The number of aromatic nitrogens is 3. The van der Waals surface area contributed by atoms with Gasteiger partial charge in [0.25, 0.3) is 0 Å². The van der Waals surface area contributed by atoms with Crippen LogP contribution >= 0.6 is 11.6 Å². The van der Waals surface area contributed by atoms with Gasteiger partial charge in [0, 0.05) is 16.1 Å². The highest BCUT2D eigenvalue weighted by Crippen LogP contribution is 2.35. The number of rotatable bonds is 5. The zero-order valence-electron chi connectivity index (χ0n) is 16.5. The molecule has 2 aromatic carbocycles. The summed E-state index contributed by atoms with van der Waals surface area (Å²) in [5.41, 5.74) is 1.17. The zero-order valence-corrected chi connectivity index (χ0v) is 17.2. The Kier molecular flexibility index (Phi) is 5.06. The van der Waals surface area contributed by atoms with Gasteiger partial charge in [0.05, 0.1) is 23.5 Å². The molecule has 1 aromatic heterocycles. The van der Waals surface area contributed by atoms with Crippen LogP contribution < -0.4 is 5.32 Å². The lowest BCUT2D eigenvalue weighted by Crippen LogP contribution is -2.20. The zero-order chi connectivity index (χ0) is 21.6. The number of nitrogens with one attached hydrogen (secondary N) is 1. The SMILES string of the molecule is FC(F)(F)c1ccc2c(c1)C(c1ccccc1Cl)=NCc1nnc(CNCC3CC3)n1-2. The molecule has 3 aromatic rings. The monoisotopic (exact) mass is 445 g/mol. The van der Waals surface area contributed by atoms with E-state index in [1.54, 1.807) is 24.3 Å². The number of benzene rings is 2. The van der Waals surface area contributed by atoms with E-state index in [1.807, 2.05) is 4.57 Å². The van der Waals surface area contributed by atoms with E-state index in [4.69, 9.17) is 11.6 Å². The lowest BCUT2D eigenvalue weighted by Gasteiger charge is -2.17. The van der Waals surface area contributed by atoms with Crippen LogP contribution in [0.15, 0.2) is 47.5 Å². The van der Waals surface area contributed by atoms with Crippen molar-refractivity contribution in [2.24, 2.45) is 10.9 Å². The van der Waals surface area contributed by atoms with Crippen molar-refractivity contribution >= 4 is 17.3 Å². The Morgan fingerprint density at radius 3 is 2.61 bits per heavy atom. The topological polar surface area (TPSA) is 55.1 Å². The smallest absolute Gasteiger partial charge is 0.310 e. The quantitative estimate of drug-likeness (QED) is 0.614. The van der Waals surface area contributed by atoms with Crippen molar-refractivity contribution in [2.45, 2.75) is 32.1 Å². The molecule has 0 atom stereocenters. The van der Waals surface area contributed by atoms with Crippen LogP contribution in [0, 0.1) is 5.92 Å². The standard InChI is InChI=1S/C22H19ClF3N5/c23-17-4-2-1-3-15(17)21-16-9-14(22(24,25)26)7-8-18(16)31-19(11-27-10-13-5-6-13)29-30-20(31)12-28-21/h1-4,7-9,13,27H,5-6,10-12H2. The maximum absolute atomic E-state index is 13.5.